The first-order chi connectivity index (χ1) is 8.03. The lowest BCUT2D eigenvalue weighted by Gasteiger charge is -2.24. The number of rotatable bonds is 6. The van der Waals surface area contributed by atoms with Crippen LogP contribution in [0.3, 0.4) is 0 Å². The molecule has 17 heavy (non-hydrogen) atoms. The Labute approximate surface area is 103 Å². The predicted molar refractivity (Wildman–Crippen MR) is 67.7 cm³/mol. The first-order valence-electron chi connectivity index (χ1n) is 6.05. The zero-order chi connectivity index (χ0) is 12.7. The number of nitrogens with one attached hydrogen (secondary N) is 2. The highest BCUT2D eigenvalue weighted by Gasteiger charge is 2.16. The van der Waals surface area contributed by atoms with Gasteiger partial charge < -0.3 is 15.2 Å². The summed E-state index contributed by atoms with van der Waals surface area (Å²) in [6.45, 7) is 7.62. The average molecular weight is 238 g/mol. The van der Waals surface area contributed by atoms with Gasteiger partial charge in [-0.3, -0.25) is 0 Å². The van der Waals surface area contributed by atoms with E-state index in [0.717, 1.165) is 19.4 Å². The molecule has 0 aliphatic carbocycles. The highest BCUT2D eigenvalue weighted by Crippen LogP contribution is 2.05. The summed E-state index contributed by atoms with van der Waals surface area (Å²) in [7, 11) is 0. The van der Waals surface area contributed by atoms with Crippen molar-refractivity contribution in [3.63, 3.8) is 0 Å². The molecule has 0 aliphatic heterocycles. The van der Waals surface area contributed by atoms with Crippen LogP contribution in [0.5, 0.6) is 0 Å². The lowest BCUT2D eigenvalue weighted by Crippen LogP contribution is -2.48. The number of carbonyl (C=O) groups excluding carboxylic acids is 1. The number of urea groups is 1. The fourth-order valence-electron chi connectivity index (χ4n) is 1.32. The van der Waals surface area contributed by atoms with Gasteiger partial charge in [0.2, 0.25) is 0 Å². The van der Waals surface area contributed by atoms with Crippen molar-refractivity contribution in [2.24, 2.45) is 0 Å². The summed E-state index contributed by atoms with van der Waals surface area (Å²) >= 11 is 0. The Morgan fingerprint density at radius 3 is 2.82 bits per heavy atom. The minimum atomic E-state index is -0.144. The maximum atomic E-state index is 11.5. The molecule has 2 N–H and O–H groups in total. The van der Waals surface area contributed by atoms with Crippen molar-refractivity contribution in [3.8, 4) is 0 Å². The van der Waals surface area contributed by atoms with E-state index in [1.54, 1.807) is 12.5 Å². The molecule has 2 amide bonds. The van der Waals surface area contributed by atoms with Crippen molar-refractivity contribution < 1.29 is 4.79 Å². The molecule has 5 nitrogen and oxygen atoms in total. The van der Waals surface area contributed by atoms with Gasteiger partial charge >= 0.3 is 6.03 Å². The minimum Gasteiger partial charge on any atom is -0.338 e. The van der Waals surface area contributed by atoms with Crippen LogP contribution in [-0.4, -0.2) is 27.7 Å². The second-order valence-corrected chi connectivity index (χ2v) is 4.77. The van der Waals surface area contributed by atoms with E-state index >= 15 is 0 Å². The van der Waals surface area contributed by atoms with Crippen LogP contribution in [-0.2, 0) is 6.54 Å². The molecule has 0 bridgehead atoms. The summed E-state index contributed by atoms with van der Waals surface area (Å²) in [4.78, 5) is 15.5. The van der Waals surface area contributed by atoms with E-state index in [0.29, 0.717) is 6.54 Å². The van der Waals surface area contributed by atoms with Gasteiger partial charge in [-0.15, -0.1) is 0 Å². The second kappa shape index (κ2) is 6.27. The molecule has 1 heterocycles. The summed E-state index contributed by atoms with van der Waals surface area (Å²) in [6, 6.07) is -0.0949. The highest BCUT2D eigenvalue weighted by molar-refractivity contribution is 5.74. The Balaban J connectivity index is 2.12. The van der Waals surface area contributed by atoms with Gasteiger partial charge in [-0.05, 0) is 26.7 Å². The number of amides is 2. The van der Waals surface area contributed by atoms with Crippen molar-refractivity contribution >= 4 is 6.03 Å². The first kappa shape index (κ1) is 13.5. The van der Waals surface area contributed by atoms with E-state index in [9.17, 15) is 4.79 Å². The Kier molecular flexibility index (Phi) is 5.00. The minimum absolute atomic E-state index is 0.0949. The molecule has 0 fully saturated rings. The summed E-state index contributed by atoms with van der Waals surface area (Å²) in [5.41, 5.74) is -0.144. The third kappa shape index (κ3) is 5.38. The van der Waals surface area contributed by atoms with Crippen LogP contribution in [0.2, 0.25) is 0 Å². The van der Waals surface area contributed by atoms with Gasteiger partial charge in [0.25, 0.3) is 0 Å². The van der Waals surface area contributed by atoms with E-state index in [-0.39, 0.29) is 11.6 Å². The molecule has 0 saturated heterocycles. The third-order valence-corrected chi connectivity index (χ3v) is 2.77. The molecule has 0 aliphatic rings. The molecule has 0 spiro atoms. The molecular formula is C12H22N4O. The molecular weight excluding hydrogens is 216 g/mol. The van der Waals surface area contributed by atoms with Crippen LogP contribution >= 0.6 is 0 Å². The van der Waals surface area contributed by atoms with Crippen molar-refractivity contribution in [3.05, 3.63) is 18.7 Å². The Hall–Kier alpha value is -1.52. The van der Waals surface area contributed by atoms with E-state index in [2.05, 4.69) is 22.5 Å². The lowest BCUT2D eigenvalue weighted by molar-refractivity contribution is 0.228. The van der Waals surface area contributed by atoms with Crippen molar-refractivity contribution in [2.75, 3.05) is 6.54 Å². The lowest BCUT2D eigenvalue weighted by atomic mass is 10.0. The molecule has 0 saturated carbocycles. The van der Waals surface area contributed by atoms with Crippen molar-refractivity contribution in [2.45, 2.75) is 45.7 Å². The van der Waals surface area contributed by atoms with Gasteiger partial charge in [-0.1, -0.05) is 6.92 Å². The van der Waals surface area contributed by atoms with Crippen LogP contribution in [0.4, 0.5) is 4.79 Å². The van der Waals surface area contributed by atoms with E-state index in [1.165, 1.54) is 0 Å². The van der Waals surface area contributed by atoms with Gasteiger partial charge in [0.1, 0.15) is 0 Å². The molecule has 0 aromatic carbocycles. The zero-order valence-corrected chi connectivity index (χ0v) is 10.9. The number of nitrogens with zero attached hydrogens (tertiary/aromatic N) is 2. The molecule has 1 aromatic heterocycles. The van der Waals surface area contributed by atoms with Crippen molar-refractivity contribution in [1.82, 2.24) is 20.2 Å². The molecule has 0 atom stereocenters. The number of aromatic nitrogens is 2. The quantitative estimate of drug-likeness (QED) is 0.742. The summed E-state index contributed by atoms with van der Waals surface area (Å²) < 4.78 is 2.00. The van der Waals surface area contributed by atoms with Gasteiger partial charge in [-0.2, -0.15) is 0 Å². The maximum absolute atomic E-state index is 11.5. The fourth-order valence-corrected chi connectivity index (χ4v) is 1.32. The second-order valence-electron chi connectivity index (χ2n) is 4.77. The summed E-state index contributed by atoms with van der Waals surface area (Å²) in [6.07, 6.45) is 7.26. The van der Waals surface area contributed by atoms with Gasteiger partial charge in [0, 0.05) is 31.0 Å². The predicted octanol–water partition coefficient (Wildman–Crippen LogP) is 1.76. The zero-order valence-electron chi connectivity index (χ0n) is 10.9. The topological polar surface area (TPSA) is 59.0 Å². The van der Waals surface area contributed by atoms with Gasteiger partial charge in [0.15, 0.2) is 0 Å². The standard InChI is InChI=1S/C12H22N4O/c1-4-12(2,3)15-11(17)14-6-5-8-16-9-7-13-10-16/h7,9-10H,4-6,8H2,1-3H3,(H2,14,15,17). The number of carbonyl (C=O) groups is 1. The summed E-state index contributed by atoms with van der Waals surface area (Å²) in [5.74, 6) is 0. The van der Waals surface area contributed by atoms with Crippen LogP contribution < -0.4 is 10.6 Å². The van der Waals surface area contributed by atoms with E-state index < -0.39 is 0 Å². The van der Waals surface area contributed by atoms with Crippen LogP contribution in [0.15, 0.2) is 18.7 Å². The smallest absolute Gasteiger partial charge is 0.315 e. The Morgan fingerprint density at radius 2 is 2.24 bits per heavy atom. The van der Waals surface area contributed by atoms with Crippen molar-refractivity contribution in [1.29, 1.82) is 0 Å². The Bertz CT molecular complexity index is 332. The van der Waals surface area contributed by atoms with Gasteiger partial charge in [-0.25, -0.2) is 9.78 Å². The largest absolute Gasteiger partial charge is 0.338 e. The molecule has 1 rings (SSSR count). The number of hydrogen-bond donors (Lipinski definition) is 2. The molecule has 5 heteroatoms. The van der Waals surface area contributed by atoms with Gasteiger partial charge in [0.05, 0.1) is 6.33 Å². The maximum Gasteiger partial charge on any atom is 0.315 e. The number of imidazole rings is 1. The third-order valence-electron chi connectivity index (χ3n) is 2.77. The fraction of sp³-hybridized carbons (Fsp3) is 0.667. The SMILES string of the molecule is CCC(C)(C)NC(=O)NCCCn1ccnc1. The van der Waals surface area contributed by atoms with Crippen LogP contribution in [0.25, 0.3) is 0 Å². The normalized spacial score (nSPS) is 11.2. The average Bonchev–Trinajstić information content (AvgIpc) is 2.77. The molecule has 0 radical (unpaired) electrons. The Morgan fingerprint density at radius 1 is 1.47 bits per heavy atom. The molecule has 1 aromatic rings. The van der Waals surface area contributed by atoms with E-state index in [4.69, 9.17) is 0 Å². The van der Waals surface area contributed by atoms with E-state index in [1.807, 2.05) is 24.6 Å². The molecule has 0 unspecified atom stereocenters. The number of hydrogen-bond acceptors (Lipinski definition) is 2. The molecule has 96 valence electrons. The monoisotopic (exact) mass is 238 g/mol. The first-order valence-corrected chi connectivity index (χ1v) is 6.05. The van der Waals surface area contributed by atoms with Crippen LogP contribution in [0, 0.1) is 0 Å². The highest BCUT2D eigenvalue weighted by atomic mass is 16.2. The number of aryl methyl sites for hydroxylation is 1. The van der Waals surface area contributed by atoms with Crippen LogP contribution in [0.1, 0.15) is 33.6 Å². The summed E-state index contributed by atoms with van der Waals surface area (Å²) in [5, 5.41) is 5.78.